The van der Waals surface area contributed by atoms with E-state index in [4.69, 9.17) is 0 Å². The van der Waals surface area contributed by atoms with Gasteiger partial charge in [0, 0.05) is 12.6 Å². The maximum absolute atomic E-state index is 12.7. The zero-order valence-electron chi connectivity index (χ0n) is 19.6. The molecule has 1 amide bonds. The first-order chi connectivity index (χ1) is 16.2. The van der Waals surface area contributed by atoms with E-state index in [1.807, 2.05) is 44.2 Å². The molecule has 0 aliphatic rings. The van der Waals surface area contributed by atoms with Crippen molar-refractivity contribution < 1.29 is 18.3 Å². The van der Waals surface area contributed by atoms with Gasteiger partial charge in [-0.05, 0) is 37.0 Å². The van der Waals surface area contributed by atoms with Crippen molar-refractivity contribution >= 4 is 37.3 Å². The maximum Gasteiger partial charge on any atom is 0.238 e. The number of aromatic nitrogens is 1. The molecule has 34 heavy (non-hydrogen) atoms. The number of aliphatic hydroxyl groups excluding tert-OH is 1. The van der Waals surface area contributed by atoms with Gasteiger partial charge in [0.05, 0.1) is 21.7 Å². The summed E-state index contributed by atoms with van der Waals surface area (Å²) in [6.45, 7) is 4.18. The van der Waals surface area contributed by atoms with Crippen LogP contribution in [-0.2, 0) is 20.4 Å². The van der Waals surface area contributed by atoms with Gasteiger partial charge in [0.1, 0.15) is 17.2 Å². The molecule has 0 aliphatic carbocycles. The van der Waals surface area contributed by atoms with Gasteiger partial charge in [0.25, 0.3) is 0 Å². The van der Waals surface area contributed by atoms with Crippen LogP contribution in [0.1, 0.15) is 49.8 Å². The van der Waals surface area contributed by atoms with E-state index in [1.54, 1.807) is 24.3 Å². The van der Waals surface area contributed by atoms with Crippen molar-refractivity contribution in [3.63, 3.8) is 0 Å². The molecule has 0 fully saturated rings. The number of carbonyl (C=O) groups is 1. The molecule has 3 N–H and O–H groups in total. The lowest BCUT2D eigenvalue weighted by Gasteiger charge is -2.21. The van der Waals surface area contributed by atoms with Gasteiger partial charge >= 0.3 is 0 Å². The Bertz CT molecular complexity index is 1130. The number of amides is 1. The number of benzene rings is 2. The number of para-hydroxylation sites is 1. The molecule has 1 heterocycles. The van der Waals surface area contributed by atoms with Gasteiger partial charge in [-0.1, -0.05) is 56.3 Å². The van der Waals surface area contributed by atoms with Crippen LogP contribution < -0.4 is 10.6 Å². The fourth-order valence-electron chi connectivity index (χ4n) is 3.70. The Labute approximate surface area is 205 Å². The number of nitrogens with one attached hydrogen (secondary N) is 2. The van der Waals surface area contributed by atoms with E-state index in [9.17, 15) is 18.3 Å². The molecule has 0 bridgehead atoms. The van der Waals surface area contributed by atoms with Gasteiger partial charge in [-0.2, -0.15) is 0 Å². The number of rotatable bonds is 13. The molecule has 2 aromatic carbocycles. The molecule has 1 aromatic heterocycles. The number of fused-ring (bicyclic) bond motifs is 1. The summed E-state index contributed by atoms with van der Waals surface area (Å²) in [4.78, 5) is 17.2. The quantitative estimate of drug-likeness (QED) is 0.308. The lowest BCUT2D eigenvalue weighted by atomic mass is 10.1. The average Bonchev–Trinajstić information content (AvgIpc) is 3.22. The van der Waals surface area contributed by atoms with Crippen LogP contribution in [0, 0.1) is 0 Å². The molecule has 1 unspecified atom stereocenters. The first-order valence-electron chi connectivity index (χ1n) is 11.5. The fourth-order valence-corrected chi connectivity index (χ4v) is 6.26. The van der Waals surface area contributed by atoms with Crippen LogP contribution in [0.25, 0.3) is 10.2 Å². The van der Waals surface area contributed by atoms with Gasteiger partial charge in [0.15, 0.2) is 9.84 Å². The fraction of sp³-hybridized carbons (Fsp3) is 0.440. The highest BCUT2D eigenvalue weighted by Gasteiger charge is 2.26. The van der Waals surface area contributed by atoms with E-state index < -0.39 is 22.0 Å². The Morgan fingerprint density at radius 3 is 2.47 bits per heavy atom. The van der Waals surface area contributed by atoms with Gasteiger partial charge in [-0.15, -0.1) is 11.3 Å². The summed E-state index contributed by atoms with van der Waals surface area (Å²) in [5, 5.41) is 17.1. The minimum Gasteiger partial charge on any atom is -0.386 e. The molecule has 3 aromatic rings. The minimum atomic E-state index is -3.48. The van der Waals surface area contributed by atoms with Crippen molar-refractivity contribution in [2.24, 2.45) is 0 Å². The molecule has 0 saturated heterocycles. The number of nitrogens with zero attached hydrogens (tertiary/aromatic N) is 1. The molecule has 2 atom stereocenters. The third kappa shape index (κ3) is 8.16. The van der Waals surface area contributed by atoms with Crippen LogP contribution in [-0.4, -0.2) is 48.8 Å². The second kappa shape index (κ2) is 12.4. The van der Waals surface area contributed by atoms with Crippen LogP contribution >= 0.6 is 11.3 Å². The molecule has 3 rings (SSSR count). The summed E-state index contributed by atoms with van der Waals surface area (Å²) in [5.41, 5.74) is 1.60. The Kier molecular flexibility index (Phi) is 9.58. The van der Waals surface area contributed by atoms with Crippen LogP contribution in [0.2, 0.25) is 0 Å². The van der Waals surface area contributed by atoms with Crippen LogP contribution in [0.15, 0.2) is 54.6 Å². The highest BCUT2D eigenvalue weighted by molar-refractivity contribution is 7.90. The monoisotopic (exact) mass is 503 g/mol. The third-order valence-corrected chi connectivity index (χ3v) is 8.05. The topological polar surface area (TPSA) is 108 Å². The molecule has 0 aliphatic heterocycles. The van der Waals surface area contributed by atoms with E-state index >= 15 is 0 Å². The number of carbonyl (C=O) groups excluding carboxylic acids is 1. The lowest BCUT2D eigenvalue weighted by molar-refractivity contribution is -0.122. The average molecular weight is 504 g/mol. The van der Waals surface area contributed by atoms with E-state index in [-0.39, 0.29) is 23.5 Å². The maximum atomic E-state index is 12.7. The Morgan fingerprint density at radius 1 is 1.06 bits per heavy atom. The van der Waals surface area contributed by atoms with E-state index in [2.05, 4.69) is 15.6 Å². The normalized spacial score (nSPS) is 13.8. The number of thiazole rings is 1. The molecule has 0 radical (unpaired) electrons. The molecule has 0 spiro atoms. The highest BCUT2D eigenvalue weighted by atomic mass is 32.2. The predicted molar refractivity (Wildman–Crippen MR) is 137 cm³/mol. The zero-order chi connectivity index (χ0) is 24.6. The van der Waals surface area contributed by atoms with Crippen molar-refractivity contribution in [1.29, 1.82) is 0 Å². The van der Waals surface area contributed by atoms with Crippen molar-refractivity contribution in [3.05, 3.63) is 65.2 Å². The molecular formula is C25H33N3O4S2. The summed E-state index contributed by atoms with van der Waals surface area (Å²) in [5.74, 6) is -0.680. The Hall–Kier alpha value is -2.33. The van der Waals surface area contributed by atoms with Gasteiger partial charge in [-0.3, -0.25) is 4.79 Å². The first-order valence-corrected chi connectivity index (χ1v) is 14.2. The first kappa shape index (κ1) is 26.3. The second-order valence-corrected chi connectivity index (χ2v) is 11.9. The van der Waals surface area contributed by atoms with E-state index in [0.29, 0.717) is 36.4 Å². The lowest BCUT2D eigenvalue weighted by Crippen LogP contribution is -2.50. The molecule has 7 nitrogen and oxygen atoms in total. The van der Waals surface area contributed by atoms with Gasteiger partial charge in [0.2, 0.25) is 5.91 Å². The summed E-state index contributed by atoms with van der Waals surface area (Å²) >= 11 is 1.49. The van der Waals surface area contributed by atoms with Gasteiger partial charge in [-0.25, -0.2) is 13.4 Å². The third-order valence-electron chi connectivity index (χ3n) is 5.30. The smallest absolute Gasteiger partial charge is 0.238 e. The number of hydrogen-bond acceptors (Lipinski definition) is 7. The van der Waals surface area contributed by atoms with Crippen LogP contribution in [0.4, 0.5) is 0 Å². The molecule has 0 saturated carbocycles. The SMILES string of the molecule is CC(C)NC(CS(=O)(=O)Cc1ccccc1)C(=O)NCCCC[C@@H](O)c1nc2ccccc2s1. The van der Waals surface area contributed by atoms with Crippen molar-refractivity contribution in [2.75, 3.05) is 12.3 Å². The summed E-state index contributed by atoms with van der Waals surface area (Å²) in [6, 6.07) is 15.9. The zero-order valence-corrected chi connectivity index (χ0v) is 21.2. The minimum absolute atomic E-state index is 0.0355. The molecule has 184 valence electrons. The molecular weight excluding hydrogens is 470 g/mol. The van der Waals surface area contributed by atoms with Crippen molar-refractivity contribution in [2.45, 2.75) is 57.1 Å². The Balaban J connectivity index is 1.45. The Morgan fingerprint density at radius 2 is 1.76 bits per heavy atom. The van der Waals surface area contributed by atoms with Crippen LogP contribution in [0.5, 0.6) is 0 Å². The van der Waals surface area contributed by atoms with Crippen molar-refractivity contribution in [3.8, 4) is 0 Å². The van der Waals surface area contributed by atoms with Crippen molar-refractivity contribution in [1.82, 2.24) is 15.6 Å². The number of sulfone groups is 1. The number of aliphatic hydroxyl groups is 1. The second-order valence-electron chi connectivity index (χ2n) is 8.74. The summed E-state index contributed by atoms with van der Waals surface area (Å²) in [6.07, 6.45) is 1.31. The molecule has 9 heteroatoms. The summed E-state index contributed by atoms with van der Waals surface area (Å²) in [7, 11) is -3.48. The van der Waals surface area contributed by atoms with Gasteiger partial charge < -0.3 is 15.7 Å². The van der Waals surface area contributed by atoms with E-state index in [0.717, 1.165) is 10.2 Å². The summed E-state index contributed by atoms with van der Waals surface area (Å²) < 4.78 is 26.4. The largest absolute Gasteiger partial charge is 0.386 e. The van der Waals surface area contributed by atoms with Crippen LogP contribution in [0.3, 0.4) is 0 Å². The van der Waals surface area contributed by atoms with E-state index in [1.165, 1.54) is 11.3 Å². The number of unbranched alkanes of at least 4 members (excludes halogenated alkanes) is 1. The number of hydrogen-bond donors (Lipinski definition) is 3. The standard InChI is InChI=1S/C25H33N3O4S2/c1-18(2)27-21(17-34(31,32)16-19-10-4-3-5-11-19)24(30)26-15-9-8-13-22(29)25-28-20-12-6-7-14-23(20)33-25/h3-7,10-12,14,18,21-22,27,29H,8-9,13,15-17H2,1-2H3,(H,26,30)/t21?,22-/m1/s1. The highest BCUT2D eigenvalue weighted by Crippen LogP contribution is 2.28. The predicted octanol–water partition coefficient (Wildman–Crippen LogP) is 3.60.